The lowest BCUT2D eigenvalue weighted by Crippen LogP contribution is -2.49. The maximum absolute atomic E-state index is 13.2. The van der Waals surface area contributed by atoms with E-state index in [1.54, 1.807) is 22.8 Å². The zero-order valence-corrected chi connectivity index (χ0v) is 15.7. The second-order valence-corrected chi connectivity index (χ2v) is 7.14. The quantitative estimate of drug-likeness (QED) is 0.756. The summed E-state index contributed by atoms with van der Waals surface area (Å²) in [7, 11) is 1.80. The van der Waals surface area contributed by atoms with Crippen LogP contribution in [0.5, 0.6) is 0 Å². The number of carbonyl (C=O) groups excluding carboxylic acids is 1. The summed E-state index contributed by atoms with van der Waals surface area (Å²) in [5.74, 6) is -0.253. The van der Waals surface area contributed by atoms with Crippen LogP contribution in [0.1, 0.15) is 28.8 Å². The smallest absolute Gasteiger partial charge is 0.314 e. The number of amides is 1. The van der Waals surface area contributed by atoms with Crippen LogP contribution in [0.2, 0.25) is 0 Å². The van der Waals surface area contributed by atoms with Crippen molar-refractivity contribution in [3.05, 3.63) is 72.2 Å². The van der Waals surface area contributed by atoms with Crippen LogP contribution in [-0.2, 0) is 17.3 Å². The first-order chi connectivity index (χ1) is 13.5. The van der Waals surface area contributed by atoms with E-state index in [0.717, 1.165) is 5.56 Å². The Kier molecular flexibility index (Phi) is 4.50. The molecule has 1 saturated heterocycles. The molecule has 1 N–H and O–H groups in total. The third kappa shape index (κ3) is 2.89. The fourth-order valence-corrected chi connectivity index (χ4v) is 4.01. The van der Waals surface area contributed by atoms with E-state index in [1.807, 2.05) is 59.4 Å². The van der Waals surface area contributed by atoms with Gasteiger partial charge >= 0.3 is 5.97 Å². The number of hydrogen-bond acceptors (Lipinski definition) is 3. The van der Waals surface area contributed by atoms with Gasteiger partial charge in [0, 0.05) is 32.5 Å². The van der Waals surface area contributed by atoms with Gasteiger partial charge in [0.25, 0.3) is 5.91 Å². The Balaban J connectivity index is 1.58. The normalized spacial score (nSPS) is 16.1. The molecule has 0 spiro atoms. The van der Waals surface area contributed by atoms with Gasteiger partial charge in [0.05, 0.1) is 11.6 Å². The summed E-state index contributed by atoms with van der Waals surface area (Å²) >= 11 is 0. The lowest BCUT2D eigenvalue weighted by Gasteiger charge is -2.39. The minimum atomic E-state index is -0.948. The van der Waals surface area contributed by atoms with Crippen LogP contribution in [0.15, 0.2) is 61.1 Å². The Morgan fingerprint density at radius 2 is 1.68 bits per heavy atom. The molecule has 0 unspecified atom stereocenters. The molecule has 0 radical (unpaired) electrons. The molecule has 1 aliphatic heterocycles. The monoisotopic (exact) mass is 378 g/mol. The standard InChI is InChI=1S/C21H22N4O3/c1-23-18(24-11-5-6-12-24)17(15-22-23)19(26)25-13-9-21(10-14-25,20(27)28)16-7-3-2-4-8-16/h2-8,11-12,15H,9-10,13-14H2,1H3,(H,27,28). The van der Waals surface area contributed by atoms with Gasteiger partial charge in [-0.2, -0.15) is 5.10 Å². The van der Waals surface area contributed by atoms with Crippen LogP contribution in [0, 0.1) is 0 Å². The average Bonchev–Trinajstić information content (AvgIpc) is 3.37. The summed E-state index contributed by atoms with van der Waals surface area (Å²) in [5.41, 5.74) is 0.362. The zero-order valence-electron chi connectivity index (χ0n) is 15.7. The van der Waals surface area contributed by atoms with Gasteiger partial charge in [-0.3, -0.25) is 14.3 Å². The molecule has 1 fully saturated rings. The van der Waals surface area contributed by atoms with Gasteiger partial charge in [-0.15, -0.1) is 0 Å². The second kappa shape index (κ2) is 6.99. The number of aryl methyl sites for hydroxylation is 1. The summed E-state index contributed by atoms with van der Waals surface area (Å²) in [5, 5.41) is 14.2. The van der Waals surface area contributed by atoms with Gasteiger partial charge in [0.15, 0.2) is 0 Å². The number of rotatable bonds is 4. The summed E-state index contributed by atoms with van der Waals surface area (Å²) in [6.45, 7) is 0.778. The molecule has 0 atom stereocenters. The molecular formula is C21H22N4O3. The predicted molar refractivity (Wildman–Crippen MR) is 103 cm³/mol. The number of aliphatic carboxylic acids is 1. The maximum atomic E-state index is 13.2. The fraction of sp³-hybridized carbons (Fsp3) is 0.286. The molecular weight excluding hydrogens is 356 g/mol. The highest BCUT2D eigenvalue weighted by Crippen LogP contribution is 2.36. The average molecular weight is 378 g/mol. The summed E-state index contributed by atoms with van der Waals surface area (Å²) < 4.78 is 3.53. The number of likely N-dealkylation sites (tertiary alicyclic amines) is 1. The van der Waals surface area contributed by atoms with Crippen LogP contribution in [-0.4, -0.2) is 49.3 Å². The SMILES string of the molecule is Cn1ncc(C(=O)N2CCC(C(=O)O)(c3ccccc3)CC2)c1-n1cccc1. The molecule has 4 rings (SSSR count). The van der Waals surface area contributed by atoms with Gasteiger partial charge < -0.3 is 14.6 Å². The maximum Gasteiger partial charge on any atom is 0.314 e. The number of carbonyl (C=O) groups is 2. The Morgan fingerprint density at radius 1 is 1.04 bits per heavy atom. The van der Waals surface area contributed by atoms with E-state index in [2.05, 4.69) is 5.10 Å². The van der Waals surface area contributed by atoms with Crippen molar-refractivity contribution in [1.82, 2.24) is 19.2 Å². The first-order valence-electron chi connectivity index (χ1n) is 9.26. The molecule has 28 heavy (non-hydrogen) atoms. The minimum Gasteiger partial charge on any atom is -0.481 e. The number of aromatic nitrogens is 3. The second-order valence-electron chi connectivity index (χ2n) is 7.14. The number of nitrogens with zero attached hydrogens (tertiary/aromatic N) is 4. The lowest BCUT2D eigenvalue weighted by atomic mass is 9.73. The Morgan fingerprint density at radius 3 is 2.29 bits per heavy atom. The van der Waals surface area contributed by atoms with Gasteiger partial charge in [0.1, 0.15) is 11.4 Å². The van der Waals surface area contributed by atoms with Crippen molar-refractivity contribution >= 4 is 11.9 Å². The first kappa shape index (κ1) is 18.0. The largest absolute Gasteiger partial charge is 0.481 e. The van der Waals surface area contributed by atoms with Gasteiger partial charge in [-0.05, 0) is 30.5 Å². The van der Waals surface area contributed by atoms with E-state index < -0.39 is 11.4 Å². The van der Waals surface area contributed by atoms with E-state index in [-0.39, 0.29) is 5.91 Å². The van der Waals surface area contributed by atoms with E-state index in [1.165, 1.54) is 0 Å². The van der Waals surface area contributed by atoms with Crippen molar-refractivity contribution < 1.29 is 14.7 Å². The number of carboxylic acids is 1. The molecule has 3 aromatic rings. The van der Waals surface area contributed by atoms with Crippen molar-refractivity contribution in [3.8, 4) is 5.82 Å². The molecule has 2 aromatic heterocycles. The molecule has 1 aliphatic rings. The van der Waals surface area contributed by atoms with Crippen molar-refractivity contribution in [2.45, 2.75) is 18.3 Å². The molecule has 0 aliphatic carbocycles. The van der Waals surface area contributed by atoms with E-state index in [0.29, 0.717) is 37.3 Å². The van der Waals surface area contributed by atoms with Crippen molar-refractivity contribution in [3.63, 3.8) is 0 Å². The van der Waals surface area contributed by atoms with Crippen LogP contribution in [0.25, 0.3) is 5.82 Å². The van der Waals surface area contributed by atoms with Gasteiger partial charge in [-0.1, -0.05) is 30.3 Å². The predicted octanol–water partition coefficient (Wildman–Crippen LogP) is 2.47. The summed E-state index contributed by atoms with van der Waals surface area (Å²) in [4.78, 5) is 27.0. The lowest BCUT2D eigenvalue weighted by molar-refractivity contribution is -0.145. The molecule has 0 saturated carbocycles. The number of hydrogen-bond donors (Lipinski definition) is 1. The van der Waals surface area contributed by atoms with Gasteiger partial charge in [0.2, 0.25) is 0 Å². The highest BCUT2D eigenvalue weighted by atomic mass is 16.4. The highest BCUT2D eigenvalue weighted by molar-refractivity contribution is 5.97. The number of benzene rings is 1. The van der Waals surface area contributed by atoms with E-state index in [4.69, 9.17) is 0 Å². The highest BCUT2D eigenvalue weighted by Gasteiger charge is 2.44. The third-order valence-electron chi connectivity index (χ3n) is 5.63. The summed E-state index contributed by atoms with van der Waals surface area (Å²) in [6, 6.07) is 13.1. The first-order valence-corrected chi connectivity index (χ1v) is 9.26. The molecule has 3 heterocycles. The summed E-state index contributed by atoms with van der Waals surface area (Å²) in [6.07, 6.45) is 6.09. The number of piperidine rings is 1. The Labute approximate surface area is 162 Å². The van der Waals surface area contributed by atoms with Crippen molar-refractivity contribution in [2.24, 2.45) is 7.05 Å². The molecule has 144 valence electrons. The Hall–Kier alpha value is -3.35. The van der Waals surface area contributed by atoms with E-state index >= 15 is 0 Å². The molecule has 7 heteroatoms. The van der Waals surface area contributed by atoms with Crippen LogP contribution < -0.4 is 0 Å². The van der Waals surface area contributed by atoms with Crippen LogP contribution in [0.4, 0.5) is 0 Å². The Bertz CT molecular complexity index is 984. The topological polar surface area (TPSA) is 80.4 Å². The third-order valence-corrected chi connectivity index (χ3v) is 5.63. The van der Waals surface area contributed by atoms with E-state index in [9.17, 15) is 14.7 Å². The molecule has 0 bridgehead atoms. The van der Waals surface area contributed by atoms with Crippen molar-refractivity contribution in [1.29, 1.82) is 0 Å². The van der Waals surface area contributed by atoms with Crippen LogP contribution >= 0.6 is 0 Å². The zero-order chi connectivity index (χ0) is 19.7. The molecule has 7 nitrogen and oxygen atoms in total. The van der Waals surface area contributed by atoms with Gasteiger partial charge in [-0.25, -0.2) is 0 Å². The molecule has 1 aromatic carbocycles. The van der Waals surface area contributed by atoms with Crippen LogP contribution in [0.3, 0.4) is 0 Å². The van der Waals surface area contributed by atoms with Crippen molar-refractivity contribution in [2.75, 3.05) is 13.1 Å². The fourth-order valence-electron chi connectivity index (χ4n) is 4.01. The number of carboxylic acid groups (broad SMARTS) is 1. The minimum absolute atomic E-state index is 0.121. The molecule has 1 amide bonds.